The van der Waals surface area contributed by atoms with Gasteiger partial charge < -0.3 is 20.2 Å². The highest BCUT2D eigenvalue weighted by atomic mass is 32.2. The normalized spacial score (nSPS) is 10.0. The minimum atomic E-state index is -0.873. The fraction of sp³-hybridized carbons (Fsp3) is 0.417. The number of thioether (sulfide) groups is 1. The van der Waals surface area contributed by atoms with E-state index in [1.807, 2.05) is 0 Å². The van der Waals surface area contributed by atoms with Crippen LogP contribution in [0, 0.1) is 0 Å². The van der Waals surface area contributed by atoms with E-state index in [-0.39, 0.29) is 36.3 Å². The summed E-state index contributed by atoms with van der Waals surface area (Å²) in [5.74, 6) is -0.663. The lowest BCUT2D eigenvalue weighted by Crippen LogP contribution is -2.31. The van der Waals surface area contributed by atoms with Gasteiger partial charge in [0.2, 0.25) is 5.91 Å². The number of carbonyl (C=O) groups is 3. The van der Waals surface area contributed by atoms with Gasteiger partial charge >= 0.3 is 5.97 Å². The van der Waals surface area contributed by atoms with Gasteiger partial charge in [-0.2, -0.15) is 0 Å². The van der Waals surface area contributed by atoms with Crippen LogP contribution in [0.25, 0.3) is 0 Å². The van der Waals surface area contributed by atoms with Gasteiger partial charge in [0.25, 0.3) is 5.91 Å². The van der Waals surface area contributed by atoms with Crippen LogP contribution in [-0.2, 0) is 9.59 Å². The molecule has 0 saturated carbocycles. The standard InChI is InChI=1S/C12H16N2O5S/c15-10(13-5-7-20-8-11(16)17)3-4-14-12(18)9-2-1-6-19-9/h1-2,6H,3-5,7-8H2,(H,13,15)(H,14,18)(H,16,17). The molecule has 0 bridgehead atoms. The van der Waals surface area contributed by atoms with E-state index in [1.165, 1.54) is 24.1 Å². The molecule has 1 aromatic heterocycles. The average molecular weight is 300 g/mol. The highest BCUT2D eigenvalue weighted by molar-refractivity contribution is 7.99. The molecule has 0 saturated heterocycles. The summed E-state index contributed by atoms with van der Waals surface area (Å²) in [6.45, 7) is 0.622. The summed E-state index contributed by atoms with van der Waals surface area (Å²) in [7, 11) is 0. The second-order valence-electron chi connectivity index (χ2n) is 3.78. The van der Waals surface area contributed by atoms with Crippen molar-refractivity contribution in [1.29, 1.82) is 0 Å². The van der Waals surface area contributed by atoms with E-state index in [0.717, 1.165) is 0 Å². The van der Waals surface area contributed by atoms with E-state index < -0.39 is 5.97 Å². The minimum absolute atomic E-state index is 0.0229. The average Bonchev–Trinajstić information content (AvgIpc) is 2.91. The zero-order valence-electron chi connectivity index (χ0n) is 10.8. The van der Waals surface area contributed by atoms with Gasteiger partial charge in [-0.3, -0.25) is 14.4 Å². The number of aliphatic carboxylic acids is 1. The van der Waals surface area contributed by atoms with Gasteiger partial charge in [0.1, 0.15) is 0 Å². The summed E-state index contributed by atoms with van der Waals surface area (Å²) in [6.07, 6.45) is 1.56. The first-order chi connectivity index (χ1) is 9.59. The van der Waals surface area contributed by atoms with Gasteiger partial charge in [-0.25, -0.2) is 0 Å². The van der Waals surface area contributed by atoms with Crippen molar-refractivity contribution in [3.05, 3.63) is 24.2 Å². The van der Waals surface area contributed by atoms with Crippen LogP contribution in [0.3, 0.4) is 0 Å². The molecule has 0 unspecified atom stereocenters. The molecule has 0 aliphatic heterocycles. The van der Waals surface area contributed by atoms with Gasteiger partial charge in [-0.15, -0.1) is 11.8 Å². The predicted molar refractivity (Wildman–Crippen MR) is 73.6 cm³/mol. The maximum atomic E-state index is 11.5. The lowest BCUT2D eigenvalue weighted by atomic mass is 10.3. The quantitative estimate of drug-likeness (QED) is 0.567. The summed E-state index contributed by atoms with van der Waals surface area (Å²) in [5.41, 5.74) is 0. The van der Waals surface area contributed by atoms with Crippen LogP contribution in [0.5, 0.6) is 0 Å². The fourth-order valence-corrected chi connectivity index (χ4v) is 1.86. The first-order valence-electron chi connectivity index (χ1n) is 5.97. The summed E-state index contributed by atoms with van der Waals surface area (Å²) in [4.78, 5) is 33.1. The molecular formula is C12H16N2O5S. The largest absolute Gasteiger partial charge is 0.481 e. The molecule has 7 nitrogen and oxygen atoms in total. The zero-order chi connectivity index (χ0) is 14.8. The summed E-state index contributed by atoms with van der Waals surface area (Å²) >= 11 is 1.23. The van der Waals surface area contributed by atoms with Crippen LogP contribution in [0.2, 0.25) is 0 Å². The Labute approximate surface area is 120 Å². The number of amides is 2. The van der Waals surface area contributed by atoms with Crippen molar-refractivity contribution in [2.45, 2.75) is 6.42 Å². The predicted octanol–water partition coefficient (Wildman–Crippen LogP) is 0.333. The number of carboxylic acids is 1. The van der Waals surface area contributed by atoms with Gasteiger partial charge in [0.05, 0.1) is 12.0 Å². The molecule has 20 heavy (non-hydrogen) atoms. The topological polar surface area (TPSA) is 109 Å². The molecule has 3 N–H and O–H groups in total. The van der Waals surface area contributed by atoms with Crippen molar-refractivity contribution in [2.75, 3.05) is 24.6 Å². The molecule has 0 radical (unpaired) electrons. The number of furan rings is 1. The molecule has 1 rings (SSSR count). The molecule has 0 aliphatic carbocycles. The van der Waals surface area contributed by atoms with Crippen LogP contribution in [0.4, 0.5) is 0 Å². The Hall–Kier alpha value is -1.96. The first kappa shape index (κ1) is 16.1. The Morgan fingerprint density at radius 3 is 2.70 bits per heavy atom. The van der Waals surface area contributed by atoms with E-state index >= 15 is 0 Å². The van der Waals surface area contributed by atoms with Crippen molar-refractivity contribution < 1.29 is 23.9 Å². The maximum Gasteiger partial charge on any atom is 0.313 e. The highest BCUT2D eigenvalue weighted by Crippen LogP contribution is 1.99. The number of hydrogen-bond donors (Lipinski definition) is 3. The Balaban J connectivity index is 2.03. The molecule has 0 fully saturated rings. The molecule has 0 aliphatic rings. The third-order valence-corrected chi connectivity index (χ3v) is 3.12. The van der Waals surface area contributed by atoms with Crippen molar-refractivity contribution >= 4 is 29.5 Å². The SMILES string of the molecule is O=C(O)CSCCNC(=O)CCNC(=O)c1ccco1. The lowest BCUT2D eigenvalue weighted by molar-refractivity contribution is -0.133. The number of carbonyl (C=O) groups excluding carboxylic acids is 2. The molecule has 0 atom stereocenters. The smallest absolute Gasteiger partial charge is 0.313 e. The van der Waals surface area contributed by atoms with E-state index in [9.17, 15) is 14.4 Å². The van der Waals surface area contributed by atoms with Gasteiger partial charge in [0, 0.05) is 25.3 Å². The number of hydrogen-bond acceptors (Lipinski definition) is 5. The summed E-state index contributed by atoms with van der Waals surface area (Å²) < 4.78 is 4.90. The fourth-order valence-electron chi connectivity index (χ4n) is 1.29. The molecule has 1 aromatic rings. The monoisotopic (exact) mass is 300 g/mol. The van der Waals surface area contributed by atoms with Crippen LogP contribution in [-0.4, -0.2) is 47.5 Å². The van der Waals surface area contributed by atoms with Crippen molar-refractivity contribution in [3.63, 3.8) is 0 Å². The second kappa shape index (κ2) is 9.03. The van der Waals surface area contributed by atoms with Gasteiger partial charge in [0.15, 0.2) is 5.76 Å². The van der Waals surface area contributed by atoms with E-state index in [1.54, 1.807) is 6.07 Å². The Morgan fingerprint density at radius 2 is 2.05 bits per heavy atom. The molecule has 0 aromatic carbocycles. The number of carboxylic acid groups (broad SMARTS) is 1. The van der Waals surface area contributed by atoms with Crippen molar-refractivity contribution in [3.8, 4) is 0 Å². The molecule has 110 valence electrons. The third kappa shape index (κ3) is 6.83. The van der Waals surface area contributed by atoms with E-state index in [2.05, 4.69) is 10.6 Å². The molecule has 0 spiro atoms. The molecular weight excluding hydrogens is 284 g/mol. The first-order valence-corrected chi connectivity index (χ1v) is 7.13. The molecule has 1 heterocycles. The molecule has 2 amide bonds. The van der Waals surface area contributed by atoms with Crippen LogP contribution >= 0.6 is 11.8 Å². The summed E-state index contributed by atoms with van der Waals surface area (Å²) in [5, 5.41) is 13.6. The van der Waals surface area contributed by atoms with E-state index in [0.29, 0.717) is 12.3 Å². The third-order valence-electron chi connectivity index (χ3n) is 2.18. The Morgan fingerprint density at radius 1 is 1.25 bits per heavy atom. The highest BCUT2D eigenvalue weighted by Gasteiger charge is 2.08. The second-order valence-corrected chi connectivity index (χ2v) is 4.88. The summed E-state index contributed by atoms with van der Waals surface area (Å²) in [6, 6.07) is 3.14. The van der Waals surface area contributed by atoms with Crippen molar-refractivity contribution in [2.24, 2.45) is 0 Å². The van der Waals surface area contributed by atoms with Gasteiger partial charge in [-0.05, 0) is 12.1 Å². The number of nitrogens with one attached hydrogen (secondary N) is 2. The van der Waals surface area contributed by atoms with Crippen LogP contribution < -0.4 is 10.6 Å². The van der Waals surface area contributed by atoms with Crippen LogP contribution in [0.1, 0.15) is 17.0 Å². The maximum absolute atomic E-state index is 11.5. The van der Waals surface area contributed by atoms with Crippen LogP contribution in [0.15, 0.2) is 22.8 Å². The van der Waals surface area contributed by atoms with Gasteiger partial charge in [-0.1, -0.05) is 0 Å². The minimum Gasteiger partial charge on any atom is -0.481 e. The Bertz CT molecular complexity index is 447. The molecule has 8 heteroatoms. The van der Waals surface area contributed by atoms with E-state index in [4.69, 9.17) is 9.52 Å². The zero-order valence-corrected chi connectivity index (χ0v) is 11.6. The lowest BCUT2D eigenvalue weighted by Gasteiger charge is -2.05. The number of rotatable bonds is 9. The van der Waals surface area contributed by atoms with Crippen molar-refractivity contribution in [1.82, 2.24) is 10.6 Å². The Kier molecular flexibility index (Phi) is 7.26.